The number of hydrogen-bond donors (Lipinski definition) is 0. The van der Waals surface area contributed by atoms with Crippen LogP contribution in [0.5, 0.6) is 11.6 Å². The Kier molecular flexibility index (Phi) is 4.13. The number of carbonyl (C=O) groups excluding carboxylic acids is 1. The molecule has 108 valence electrons. The fourth-order valence-electron chi connectivity index (χ4n) is 1.64. The van der Waals surface area contributed by atoms with E-state index in [1.807, 2.05) is 0 Å². The van der Waals surface area contributed by atoms with Crippen molar-refractivity contribution in [1.29, 1.82) is 0 Å². The van der Waals surface area contributed by atoms with Crippen LogP contribution in [0.15, 0.2) is 36.5 Å². The van der Waals surface area contributed by atoms with Crippen LogP contribution in [-0.2, 0) is 4.74 Å². The van der Waals surface area contributed by atoms with Crippen molar-refractivity contribution in [3.05, 3.63) is 57.8 Å². The summed E-state index contributed by atoms with van der Waals surface area (Å²) in [6.07, 6.45) is 1.48. The molecule has 0 saturated carbocycles. The molecule has 7 heteroatoms. The van der Waals surface area contributed by atoms with Crippen LogP contribution in [-0.4, -0.2) is 23.0 Å². The number of aromatic nitrogens is 1. The minimum absolute atomic E-state index is 0.101. The van der Waals surface area contributed by atoms with Gasteiger partial charge in [-0.25, -0.2) is 9.78 Å². The molecule has 0 radical (unpaired) electrons. The maximum Gasteiger partial charge on any atom is 0.337 e. The van der Waals surface area contributed by atoms with Gasteiger partial charge in [0, 0.05) is 12.3 Å². The van der Waals surface area contributed by atoms with Gasteiger partial charge in [0.15, 0.2) is 0 Å². The van der Waals surface area contributed by atoms with Gasteiger partial charge in [0.2, 0.25) is 0 Å². The molecule has 1 aromatic heterocycles. The molecule has 0 amide bonds. The second-order valence-electron chi connectivity index (χ2n) is 4.21. The predicted octanol–water partition coefficient (Wildman–Crippen LogP) is 2.88. The Morgan fingerprint density at radius 1 is 1.29 bits per heavy atom. The van der Waals surface area contributed by atoms with Crippen molar-refractivity contribution in [2.45, 2.75) is 6.92 Å². The van der Waals surface area contributed by atoms with Crippen molar-refractivity contribution < 1.29 is 19.2 Å². The van der Waals surface area contributed by atoms with Gasteiger partial charge < -0.3 is 9.47 Å². The van der Waals surface area contributed by atoms with Crippen LogP contribution < -0.4 is 4.74 Å². The van der Waals surface area contributed by atoms with Crippen LogP contribution in [0.2, 0.25) is 0 Å². The minimum Gasteiger partial charge on any atom is -0.465 e. The average molecular weight is 288 g/mol. The molecule has 2 rings (SSSR count). The number of aryl methyl sites for hydroxylation is 1. The van der Waals surface area contributed by atoms with Crippen molar-refractivity contribution in [3.8, 4) is 11.6 Å². The van der Waals surface area contributed by atoms with Crippen molar-refractivity contribution in [1.82, 2.24) is 4.98 Å². The molecule has 0 spiro atoms. The smallest absolute Gasteiger partial charge is 0.337 e. The van der Waals surface area contributed by atoms with Crippen molar-refractivity contribution in [2.75, 3.05) is 7.11 Å². The summed E-state index contributed by atoms with van der Waals surface area (Å²) in [7, 11) is 1.28. The van der Waals surface area contributed by atoms with Gasteiger partial charge in [0.1, 0.15) is 5.75 Å². The van der Waals surface area contributed by atoms with E-state index in [2.05, 4.69) is 9.72 Å². The van der Waals surface area contributed by atoms with E-state index >= 15 is 0 Å². The molecule has 1 heterocycles. The molecule has 0 unspecified atom stereocenters. The molecule has 0 atom stereocenters. The van der Waals surface area contributed by atoms with Crippen LogP contribution in [0.4, 0.5) is 5.69 Å². The van der Waals surface area contributed by atoms with Gasteiger partial charge in [-0.05, 0) is 36.8 Å². The van der Waals surface area contributed by atoms with Crippen LogP contribution >= 0.6 is 0 Å². The maximum atomic E-state index is 11.3. The summed E-state index contributed by atoms with van der Waals surface area (Å²) in [5.41, 5.74) is 0.804. The van der Waals surface area contributed by atoms with Gasteiger partial charge in [-0.2, -0.15) is 0 Å². The lowest BCUT2D eigenvalue weighted by Gasteiger charge is -2.06. The van der Waals surface area contributed by atoms with Crippen LogP contribution in [0, 0.1) is 17.0 Å². The van der Waals surface area contributed by atoms with E-state index in [1.54, 1.807) is 6.92 Å². The third-order valence-electron chi connectivity index (χ3n) is 2.66. The zero-order chi connectivity index (χ0) is 15.4. The average Bonchev–Trinajstić information content (AvgIpc) is 2.49. The quantitative estimate of drug-likeness (QED) is 0.488. The predicted molar refractivity (Wildman–Crippen MR) is 73.5 cm³/mol. The summed E-state index contributed by atoms with van der Waals surface area (Å²) in [5.74, 6) is -0.237. The molecule has 7 nitrogen and oxygen atoms in total. The monoisotopic (exact) mass is 288 g/mol. The van der Waals surface area contributed by atoms with E-state index in [9.17, 15) is 14.9 Å². The number of ether oxygens (including phenoxy) is 2. The van der Waals surface area contributed by atoms with Crippen LogP contribution in [0.25, 0.3) is 0 Å². The number of carbonyl (C=O) groups is 1. The van der Waals surface area contributed by atoms with E-state index < -0.39 is 10.9 Å². The summed E-state index contributed by atoms with van der Waals surface area (Å²) < 4.78 is 9.97. The number of esters is 1. The molecule has 1 aromatic carbocycles. The first-order valence-corrected chi connectivity index (χ1v) is 5.98. The Morgan fingerprint density at radius 3 is 2.52 bits per heavy atom. The summed E-state index contributed by atoms with van der Waals surface area (Å²) in [6.45, 7) is 1.70. The number of nitro groups is 1. The van der Waals surface area contributed by atoms with Gasteiger partial charge in [0.05, 0.1) is 17.6 Å². The first-order valence-electron chi connectivity index (χ1n) is 5.98. The molecule has 0 aliphatic heterocycles. The highest BCUT2D eigenvalue weighted by atomic mass is 16.6. The molecule has 0 aliphatic carbocycles. The van der Waals surface area contributed by atoms with Crippen LogP contribution in [0.3, 0.4) is 0 Å². The van der Waals surface area contributed by atoms with Gasteiger partial charge in [-0.1, -0.05) is 0 Å². The molecule has 0 fully saturated rings. The van der Waals surface area contributed by atoms with Crippen molar-refractivity contribution in [3.63, 3.8) is 0 Å². The number of rotatable bonds is 4. The van der Waals surface area contributed by atoms with Crippen molar-refractivity contribution in [2.24, 2.45) is 0 Å². The number of benzene rings is 1. The Hall–Kier alpha value is -2.96. The first kappa shape index (κ1) is 14.4. The third kappa shape index (κ3) is 3.33. The topological polar surface area (TPSA) is 91.6 Å². The molecule has 21 heavy (non-hydrogen) atoms. The largest absolute Gasteiger partial charge is 0.465 e. The number of hydrogen-bond acceptors (Lipinski definition) is 6. The second-order valence-corrected chi connectivity index (χ2v) is 4.21. The maximum absolute atomic E-state index is 11.3. The van der Waals surface area contributed by atoms with Gasteiger partial charge in [0.25, 0.3) is 5.88 Å². The summed E-state index contributed by atoms with van der Waals surface area (Å²) >= 11 is 0. The Balaban J connectivity index is 2.26. The Morgan fingerprint density at radius 2 is 1.95 bits per heavy atom. The zero-order valence-electron chi connectivity index (χ0n) is 11.4. The summed E-state index contributed by atoms with van der Waals surface area (Å²) in [5, 5.41) is 11.0. The molecule has 0 saturated heterocycles. The molecular formula is C14H12N2O5. The standard InChI is InChI=1S/C14H12N2O5/c1-9-7-12(16(18)19)13(15-8-9)21-11-5-3-10(4-6-11)14(17)20-2/h3-8H,1-2H3. The normalized spacial score (nSPS) is 10.0. The highest BCUT2D eigenvalue weighted by molar-refractivity contribution is 5.89. The SMILES string of the molecule is COC(=O)c1ccc(Oc2ncc(C)cc2[N+](=O)[O-])cc1. The lowest BCUT2D eigenvalue weighted by molar-refractivity contribution is -0.386. The summed E-state index contributed by atoms with van der Waals surface area (Å²) in [6, 6.07) is 7.41. The molecule has 2 aromatic rings. The number of methoxy groups -OCH3 is 1. The first-order chi connectivity index (χ1) is 10.0. The second kappa shape index (κ2) is 6.00. The van der Waals surface area contributed by atoms with Crippen LogP contribution in [0.1, 0.15) is 15.9 Å². The highest BCUT2D eigenvalue weighted by Crippen LogP contribution is 2.29. The number of nitrogens with zero attached hydrogens (tertiary/aromatic N) is 2. The zero-order valence-corrected chi connectivity index (χ0v) is 11.4. The van der Waals surface area contributed by atoms with E-state index in [-0.39, 0.29) is 11.6 Å². The van der Waals surface area contributed by atoms with E-state index in [4.69, 9.17) is 4.74 Å². The molecule has 0 N–H and O–H groups in total. The van der Waals surface area contributed by atoms with Gasteiger partial charge in [-0.3, -0.25) is 10.1 Å². The highest BCUT2D eigenvalue weighted by Gasteiger charge is 2.18. The third-order valence-corrected chi connectivity index (χ3v) is 2.66. The van der Waals surface area contributed by atoms with Crippen molar-refractivity contribution >= 4 is 11.7 Å². The lowest BCUT2D eigenvalue weighted by atomic mass is 10.2. The molecule has 0 aliphatic rings. The number of pyridine rings is 1. The molecule has 0 bridgehead atoms. The van der Waals surface area contributed by atoms with Gasteiger partial charge in [-0.15, -0.1) is 0 Å². The summed E-state index contributed by atoms with van der Waals surface area (Å²) in [4.78, 5) is 25.6. The fraction of sp³-hybridized carbons (Fsp3) is 0.143. The van der Waals surface area contributed by atoms with Gasteiger partial charge >= 0.3 is 11.7 Å². The van der Waals surface area contributed by atoms with E-state index in [0.29, 0.717) is 16.9 Å². The lowest BCUT2D eigenvalue weighted by Crippen LogP contribution is -2.01. The fourth-order valence-corrected chi connectivity index (χ4v) is 1.64. The Bertz CT molecular complexity index is 682. The van der Waals surface area contributed by atoms with E-state index in [0.717, 1.165) is 0 Å². The molecular weight excluding hydrogens is 276 g/mol. The minimum atomic E-state index is -0.557. The van der Waals surface area contributed by atoms with E-state index in [1.165, 1.54) is 43.6 Å². The Labute approximate surface area is 120 Å².